The van der Waals surface area contributed by atoms with Gasteiger partial charge in [-0.05, 0) is 0 Å². The van der Waals surface area contributed by atoms with E-state index in [1.165, 1.54) is 0 Å². The summed E-state index contributed by atoms with van der Waals surface area (Å²) in [7, 11) is 0. The van der Waals surface area contributed by atoms with E-state index in [2.05, 4.69) is 6.58 Å². The summed E-state index contributed by atoms with van der Waals surface area (Å²) in [6.07, 6.45) is -1.79. The van der Waals surface area contributed by atoms with Crippen molar-refractivity contribution in [3.8, 4) is 0 Å². The Balaban J connectivity index is 4.62. The highest BCUT2D eigenvalue weighted by Crippen LogP contribution is 2.21. The van der Waals surface area contributed by atoms with Gasteiger partial charge in [-0.25, -0.2) is 0 Å². The molecule has 0 aliphatic carbocycles. The van der Waals surface area contributed by atoms with Gasteiger partial charge in [-0.15, -0.1) is 0 Å². The quantitative estimate of drug-likeness (QED) is 0.444. The van der Waals surface area contributed by atoms with Crippen molar-refractivity contribution in [3.05, 3.63) is 12.3 Å². The van der Waals surface area contributed by atoms with Gasteiger partial charge in [-0.3, -0.25) is 9.59 Å². The van der Waals surface area contributed by atoms with E-state index < -0.39 is 36.1 Å². The summed E-state index contributed by atoms with van der Waals surface area (Å²) in [5.41, 5.74) is -2.29. The summed E-state index contributed by atoms with van der Waals surface area (Å²) >= 11 is 0. The molecule has 0 atom stereocenters. The SMILES string of the molecule is C=C(O)C(O)(CC(=O)O)CC(=O)O. The first-order chi connectivity index (χ1) is 5.78. The van der Waals surface area contributed by atoms with E-state index in [1.807, 2.05) is 0 Å². The summed E-state index contributed by atoms with van der Waals surface area (Å²) in [5.74, 6) is -3.70. The molecule has 0 amide bonds. The van der Waals surface area contributed by atoms with Gasteiger partial charge in [0.25, 0.3) is 0 Å². The van der Waals surface area contributed by atoms with Gasteiger partial charge >= 0.3 is 11.9 Å². The normalized spacial score (nSPS) is 10.8. The first-order valence-electron chi connectivity index (χ1n) is 3.32. The van der Waals surface area contributed by atoms with Crippen LogP contribution in [0, 0.1) is 0 Å². The number of aliphatic carboxylic acids is 2. The predicted molar refractivity (Wildman–Crippen MR) is 41.2 cm³/mol. The molecule has 0 aromatic rings. The largest absolute Gasteiger partial charge is 0.510 e. The summed E-state index contributed by atoms with van der Waals surface area (Å²) in [6.45, 7) is 2.91. The van der Waals surface area contributed by atoms with E-state index in [9.17, 15) is 14.7 Å². The second-order valence-corrected chi connectivity index (χ2v) is 2.62. The zero-order valence-electron chi connectivity index (χ0n) is 6.73. The zero-order valence-corrected chi connectivity index (χ0v) is 6.73. The fourth-order valence-electron chi connectivity index (χ4n) is 0.767. The lowest BCUT2D eigenvalue weighted by Gasteiger charge is -2.22. The third kappa shape index (κ3) is 3.57. The van der Waals surface area contributed by atoms with E-state index in [-0.39, 0.29) is 0 Å². The molecule has 0 unspecified atom stereocenters. The Bertz CT molecular complexity index is 227. The summed E-state index contributed by atoms with van der Waals surface area (Å²) in [4.78, 5) is 20.4. The third-order valence-electron chi connectivity index (χ3n) is 1.42. The smallest absolute Gasteiger partial charge is 0.306 e. The molecule has 13 heavy (non-hydrogen) atoms. The molecule has 0 spiro atoms. The van der Waals surface area contributed by atoms with E-state index >= 15 is 0 Å². The van der Waals surface area contributed by atoms with Crippen LogP contribution in [0.15, 0.2) is 12.3 Å². The maximum absolute atomic E-state index is 10.2. The van der Waals surface area contributed by atoms with Crippen LogP contribution in [0.4, 0.5) is 0 Å². The minimum Gasteiger partial charge on any atom is -0.510 e. The Labute approximate surface area is 73.7 Å². The Kier molecular flexibility index (Phi) is 3.43. The second-order valence-electron chi connectivity index (χ2n) is 2.62. The average molecular weight is 190 g/mol. The Hall–Kier alpha value is -1.56. The number of hydrogen-bond acceptors (Lipinski definition) is 4. The number of hydrogen-bond donors (Lipinski definition) is 4. The van der Waals surface area contributed by atoms with Crippen LogP contribution in [0.25, 0.3) is 0 Å². The lowest BCUT2D eigenvalue weighted by Crippen LogP contribution is -2.36. The fourth-order valence-corrected chi connectivity index (χ4v) is 0.767. The Morgan fingerprint density at radius 3 is 1.54 bits per heavy atom. The van der Waals surface area contributed by atoms with Crippen LogP contribution in [0.3, 0.4) is 0 Å². The molecule has 0 aliphatic heterocycles. The number of aliphatic hydroxyl groups is 2. The van der Waals surface area contributed by atoms with Gasteiger partial charge in [0.1, 0.15) is 11.4 Å². The number of carbonyl (C=O) groups is 2. The van der Waals surface area contributed by atoms with Gasteiger partial charge in [-0.2, -0.15) is 0 Å². The molecule has 0 bridgehead atoms. The van der Waals surface area contributed by atoms with Gasteiger partial charge in [0.2, 0.25) is 0 Å². The maximum Gasteiger partial charge on any atom is 0.306 e. The molecule has 0 aromatic carbocycles. The highest BCUT2D eigenvalue weighted by molar-refractivity contribution is 5.73. The molecular weight excluding hydrogens is 180 g/mol. The second kappa shape index (κ2) is 3.90. The van der Waals surface area contributed by atoms with Crippen LogP contribution in [-0.4, -0.2) is 38.0 Å². The number of rotatable bonds is 5. The molecule has 6 nitrogen and oxygen atoms in total. The molecule has 0 saturated heterocycles. The molecule has 0 aromatic heterocycles. The number of aliphatic hydroxyl groups excluding tert-OH is 1. The van der Waals surface area contributed by atoms with Gasteiger partial charge in [-0.1, -0.05) is 6.58 Å². The predicted octanol–water partition coefficient (Wildman–Crippen LogP) is -0.261. The van der Waals surface area contributed by atoms with Crippen LogP contribution in [-0.2, 0) is 9.59 Å². The molecule has 0 rings (SSSR count). The highest BCUT2D eigenvalue weighted by atomic mass is 16.4. The van der Waals surface area contributed by atoms with Gasteiger partial charge in [0.05, 0.1) is 12.8 Å². The molecule has 0 aliphatic rings. The molecule has 74 valence electrons. The lowest BCUT2D eigenvalue weighted by atomic mass is 9.94. The Morgan fingerprint density at radius 1 is 1.08 bits per heavy atom. The Morgan fingerprint density at radius 2 is 1.38 bits per heavy atom. The standard InChI is InChI=1S/C7H10O6/c1-4(8)7(13,2-5(9)10)3-6(11)12/h8,13H,1-3H2,(H,9,10)(H,11,12). The van der Waals surface area contributed by atoms with Crippen molar-refractivity contribution in [3.63, 3.8) is 0 Å². The van der Waals surface area contributed by atoms with E-state index in [4.69, 9.17) is 15.3 Å². The van der Waals surface area contributed by atoms with Gasteiger partial charge < -0.3 is 20.4 Å². The van der Waals surface area contributed by atoms with Crippen molar-refractivity contribution in [2.45, 2.75) is 18.4 Å². The first-order valence-corrected chi connectivity index (χ1v) is 3.32. The van der Waals surface area contributed by atoms with Crippen LogP contribution in [0.1, 0.15) is 12.8 Å². The van der Waals surface area contributed by atoms with Crippen molar-refractivity contribution in [2.24, 2.45) is 0 Å². The van der Waals surface area contributed by atoms with Crippen molar-refractivity contribution in [1.82, 2.24) is 0 Å². The highest BCUT2D eigenvalue weighted by Gasteiger charge is 2.36. The van der Waals surface area contributed by atoms with Crippen LogP contribution in [0.2, 0.25) is 0 Å². The van der Waals surface area contributed by atoms with Crippen molar-refractivity contribution >= 4 is 11.9 Å². The molecule has 4 N–H and O–H groups in total. The van der Waals surface area contributed by atoms with E-state index in [0.717, 1.165) is 0 Å². The van der Waals surface area contributed by atoms with Gasteiger partial charge in [0.15, 0.2) is 0 Å². The fraction of sp³-hybridized carbons (Fsp3) is 0.429. The molecule has 0 saturated carbocycles. The minimum atomic E-state index is -2.29. The molecule has 0 heterocycles. The van der Waals surface area contributed by atoms with Crippen molar-refractivity contribution < 1.29 is 30.0 Å². The monoisotopic (exact) mass is 190 g/mol. The van der Waals surface area contributed by atoms with Crippen LogP contribution >= 0.6 is 0 Å². The molecular formula is C7H10O6. The lowest BCUT2D eigenvalue weighted by molar-refractivity contribution is -0.148. The summed E-state index contributed by atoms with van der Waals surface area (Å²) < 4.78 is 0. The minimum absolute atomic E-state index is 0.864. The summed E-state index contributed by atoms with van der Waals surface area (Å²) in [5, 5.41) is 34.7. The van der Waals surface area contributed by atoms with Crippen molar-refractivity contribution in [2.75, 3.05) is 0 Å². The topological polar surface area (TPSA) is 115 Å². The zero-order chi connectivity index (χ0) is 10.6. The molecule has 6 heteroatoms. The van der Waals surface area contributed by atoms with Crippen LogP contribution in [0.5, 0.6) is 0 Å². The number of carboxylic acid groups (broad SMARTS) is 2. The molecule has 0 radical (unpaired) electrons. The van der Waals surface area contributed by atoms with E-state index in [0.29, 0.717) is 0 Å². The molecule has 0 fully saturated rings. The third-order valence-corrected chi connectivity index (χ3v) is 1.42. The van der Waals surface area contributed by atoms with Crippen molar-refractivity contribution in [1.29, 1.82) is 0 Å². The average Bonchev–Trinajstić information content (AvgIpc) is 1.82. The van der Waals surface area contributed by atoms with E-state index in [1.54, 1.807) is 0 Å². The first kappa shape index (κ1) is 11.4. The number of carboxylic acids is 2. The maximum atomic E-state index is 10.2. The van der Waals surface area contributed by atoms with Crippen LogP contribution < -0.4 is 0 Å². The van der Waals surface area contributed by atoms with Gasteiger partial charge in [0, 0.05) is 0 Å². The summed E-state index contributed by atoms with van der Waals surface area (Å²) in [6, 6.07) is 0.